The van der Waals surface area contributed by atoms with Crippen molar-refractivity contribution in [3.05, 3.63) is 23.8 Å². The lowest BCUT2D eigenvalue weighted by Crippen LogP contribution is -2.63. The number of carbonyl (C=O) groups is 1. The largest absolute Gasteiger partial charge is 0.399 e. The van der Waals surface area contributed by atoms with Gasteiger partial charge in [-0.05, 0) is 18.2 Å². The fraction of sp³-hybridized carbons (Fsp3) is 0.462. The lowest BCUT2D eigenvalue weighted by molar-refractivity contribution is -0.278. The average molecular weight is 332 g/mol. The van der Waals surface area contributed by atoms with Gasteiger partial charge >= 0.3 is 0 Å². The van der Waals surface area contributed by atoms with Gasteiger partial charge in [0.25, 0.3) is 0 Å². The first-order valence-corrected chi connectivity index (χ1v) is 6.45. The van der Waals surface area contributed by atoms with E-state index < -0.39 is 42.6 Å². The number of nitrogens with two attached hydrogens (primary N) is 2. The van der Waals surface area contributed by atoms with Crippen molar-refractivity contribution in [2.24, 2.45) is 0 Å². The topological polar surface area (TPSA) is 211 Å². The van der Waals surface area contributed by atoms with Crippen LogP contribution >= 0.6 is 0 Å². The summed E-state index contributed by atoms with van der Waals surface area (Å²) < 4.78 is 0. The molecule has 3 atom stereocenters. The molecule has 1 aromatic carbocycles. The van der Waals surface area contributed by atoms with Crippen LogP contribution in [0.3, 0.4) is 0 Å². The first kappa shape index (κ1) is 19.3. The van der Waals surface area contributed by atoms with E-state index in [2.05, 4.69) is 0 Å². The van der Waals surface area contributed by atoms with E-state index in [-0.39, 0.29) is 16.9 Å². The predicted molar refractivity (Wildman–Crippen MR) is 77.9 cm³/mol. The van der Waals surface area contributed by atoms with Crippen LogP contribution in [0.5, 0.6) is 0 Å². The van der Waals surface area contributed by atoms with Gasteiger partial charge in [-0.3, -0.25) is 4.79 Å². The van der Waals surface area contributed by atoms with Crippen LogP contribution in [0.1, 0.15) is 10.4 Å². The molecule has 0 aliphatic heterocycles. The van der Waals surface area contributed by atoms with Gasteiger partial charge in [-0.2, -0.15) is 0 Å². The van der Waals surface area contributed by atoms with Gasteiger partial charge in [0.05, 0.1) is 13.2 Å². The van der Waals surface area contributed by atoms with Crippen LogP contribution in [0.25, 0.3) is 0 Å². The second-order valence-electron chi connectivity index (χ2n) is 5.23. The Bertz CT molecular complexity index is 559. The zero-order chi connectivity index (χ0) is 18.0. The molecule has 23 heavy (non-hydrogen) atoms. The van der Waals surface area contributed by atoms with Crippen LogP contribution in [0.4, 0.5) is 11.4 Å². The van der Waals surface area contributed by atoms with Gasteiger partial charge in [0.15, 0.2) is 11.4 Å². The molecule has 0 bridgehead atoms. The zero-order valence-electron chi connectivity index (χ0n) is 12.0. The van der Waals surface area contributed by atoms with Crippen LogP contribution < -0.4 is 11.5 Å². The zero-order valence-corrected chi connectivity index (χ0v) is 12.0. The quantitative estimate of drug-likeness (QED) is 0.135. The number of hydrogen-bond acceptors (Lipinski definition) is 10. The summed E-state index contributed by atoms with van der Waals surface area (Å²) in [5.41, 5.74) is 7.87. The van der Waals surface area contributed by atoms with Crippen molar-refractivity contribution in [2.45, 2.75) is 23.6 Å². The summed E-state index contributed by atoms with van der Waals surface area (Å²) >= 11 is 0. The Hall–Kier alpha value is -1.79. The van der Waals surface area contributed by atoms with Crippen molar-refractivity contribution in [2.75, 3.05) is 24.7 Å². The predicted octanol–water partition coefficient (Wildman–Crippen LogP) is -3.85. The monoisotopic (exact) mass is 332 g/mol. The number of aliphatic hydroxyl groups is 7. The van der Waals surface area contributed by atoms with Crippen molar-refractivity contribution in [1.29, 1.82) is 0 Å². The third-order valence-electron chi connectivity index (χ3n) is 3.37. The number of anilines is 2. The number of nitrogen functional groups attached to an aromatic ring is 2. The standard InChI is InChI=1S/C13H20N2O8/c14-7-1-6(2-8(15)3-7)9(18)12(21,4-16)10(19)11(20)13(22,23)5-17/h1-3,10-11,16-17,19-23H,4-5,14-15H2. The van der Waals surface area contributed by atoms with Crippen LogP contribution in [0.15, 0.2) is 18.2 Å². The number of rotatable bonds is 7. The first-order valence-electron chi connectivity index (χ1n) is 6.45. The van der Waals surface area contributed by atoms with Crippen LogP contribution in [0.2, 0.25) is 0 Å². The molecule has 0 aliphatic carbocycles. The first-order chi connectivity index (χ1) is 10.5. The fourth-order valence-corrected chi connectivity index (χ4v) is 1.96. The molecular weight excluding hydrogens is 312 g/mol. The maximum absolute atomic E-state index is 12.3. The van der Waals surface area contributed by atoms with Gasteiger partial charge in [-0.1, -0.05) is 0 Å². The molecule has 3 unspecified atom stereocenters. The molecule has 1 rings (SSSR count). The Balaban J connectivity index is 3.24. The molecule has 11 N–H and O–H groups in total. The maximum Gasteiger partial charge on any atom is 0.216 e. The summed E-state index contributed by atoms with van der Waals surface area (Å²) in [5, 5.41) is 66.4. The van der Waals surface area contributed by atoms with Crippen LogP contribution in [0, 0.1) is 0 Å². The Labute approximate surface area is 130 Å². The van der Waals surface area contributed by atoms with Gasteiger partial charge in [-0.15, -0.1) is 0 Å². The summed E-state index contributed by atoms with van der Waals surface area (Å²) in [4.78, 5) is 12.3. The molecule has 0 aliphatic rings. The maximum atomic E-state index is 12.3. The van der Waals surface area contributed by atoms with Gasteiger partial charge in [0.1, 0.15) is 12.2 Å². The Morgan fingerprint density at radius 3 is 1.83 bits per heavy atom. The summed E-state index contributed by atoms with van der Waals surface area (Å²) in [6.45, 7) is -2.76. The Kier molecular flexibility index (Phi) is 5.66. The molecule has 0 heterocycles. The highest BCUT2D eigenvalue weighted by Crippen LogP contribution is 2.26. The van der Waals surface area contributed by atoms with Crippen molar-refractivity contribution in [3.8, 4) is 0 Å². The number of hydrogen-bond donors (Lipinski definition) is 9. The smallest absolute Gasteiger partial charge is 0.216 e. The van der Waals surface area contributed by atoms with E-state index in [0.29, 0.717) is 0 Å². The molecule has 0 aromatic heterocycles. The SMILES string of the molecule is Nc1cc(N)cc(C(=O)C(O)(CO)C(O)C(O)C(O)(O)CO)c1. The molecule has 0 saturated heterocycles. The lowest BCUT2D eigenvalue weighted by atomic mass is 9.83. The second kappa shape index (κ2) is 6.76. The van der Waals surface area contributed by atoms with E-state index in [1.807, 2.05) is 0 Å². The normalized spacial score (nSPS) is 17.3. The highest BCUT2D eigenvalue weighted by molar-refractivity contribution is 6.04. The molecule has 130 valence electrons. The van der Waals surface area contributed by atoms with E-state index in [0.717, 1.165) is 12.1 Å². The number of Topliss-reactive ketones (excluding diaryl/α,β-unsaturated/α-hetero) is 1. The molecule has 0 fully saturated rings. The van der Waals surface area contributed by atoms with Crippen LogP contribution in [-0.2, 0) is 0 Å². The summed E-state index contributed by atoms with van der Waals surface area (Å²) in [7, 11) is 0. The average Bonchev–Trinajstić information content (AvgIpc) is 2.50. The number of ketones is 1. The van der Waals surface area contributed by atoms with E-state index >= 15 is 0 Å². The summed E-state index contributed by atoms with van der Waals surface area (Å²) in [5.74, 6) is -4.48. The molecule has 0 radical (unpaired) electrons. The number of carbonyl (C=O) groups excluding carboxylic acids is 1. The molecular formula is C13H20N2O8. The van der Waals surface area contributed by atoms with Crippen LogP contribution in [-0.4, -0.2) is 78.3 Å². The van der Waals surface area contributed by atoms with Crippen molar-refractivity contribution in [3.63, 3.8) is 0 Å². The van der Waals surface area contributed by atoms with E-state index in [1.54, 1.807) is 0 Å². The fourth-order valence-electron chi connectivity index (χ4n) is 1.96. The molecule has 0 amide bonds. The molecule has 0 spiro atoms. The van der Waals surface area contributed by atoms with E-state index in [1.165, 1.54) is 6.07 Å². The molecule has 0 saturated carbocycles. The minimum absolute atomic E-state index is 0.0673. The highest BCUT2D eigenvalue weighted by atomic mass is 16.5. The summed E-state index contributed by atoms with van der Waals surface area (Å²) in [6, 6.07) is 3.53. The Morgan fingerprint density at radius 2 is 1.43 bits per heavy atom. The van der Waals surface area contributed by atoms with Gasteiger partial charge < -0.3 is 47.2 Å². The second-order valence-corrected chi connectivity index (χ2v) is 5.23. The minimum Gasteiger partial charge on any atom is -0.399 e. The Morgan fingerprint density at radius 1 is 0.957 bits per heavy atom. The van der Waals surface area contributed by atoms with E-state index in [4.69, 9.17) is 16.6 Å². The van der Waals surface area contributed by atoms with Gasteiger partial charge in [0, 0.05) is 16.9 Å². The van der Waals surface area contributed by atoms with E-state index in [9.17, 15) is 35.4 Å². The highest BCUT2D eigenvalue weighted by Gasteiger charge is 2.52. The minimum atomic E-state index is -3.21. The van der Waals surface area contributed by atoms with Crippen molar-refractivity contribution < 1.29 is 40.5 Å². The lowest BCUT2D eigenvalue weighted by Gasteiger charge is -2.37. The van der Waals surface area contributed by atoms with Gasteiger partial charge in [-0.25, -0.2) is 0 Å². The molecule has 10 nitrogen and oxygen atoms in total. The molecule has 10 heteroatoms. The third-order valence-corrected chi connectivity index (χ3v) is 3.37. The van der Waals surface area contributed by atoms with Crippen molar-refractivity contribution in [1.82, 2.24) is 0 Å². The van der Waals surface area contributed by atoms with Gasteiger partial charge in [0.2, 0.25) is 5.79 Å². The third kappa shape index (κ3) is 3.76. The number of aliphatic hydroxyl groups excluding tert-OH is 4. The molecule has 1 aromatic rings. The number of benzene rings is 1. The summed E-state index contributed by atoms with van der Waals surface area (Å²) in [6.07, 6.45) is -5.10. The van der Waals surface area contributed by atoms with Crippen molar-refractivity contribution >= 4 is 17.2 Å².